The number of nitrogens with one attached hydrogen (secondary N) is 1. The van der Waals surface area contributed by atoms with Crippen LogP contribution in [-0.2, 0) is 4.79 Å². The standard InChI is InChI=1S/C19H17ClN2O3S/c1-10-4-5-13(6-11(10)2)22-18(24)16(26-19(22)21)9-12-7-14(20)17(23)15(8-12)25-3/h4-9,21,23H,1-3H3/b16-9-,21-19?. The lowest BCUT2D eigenvalue weighted by molar-refractivity contribution is -0.113. The Balaban J connectivity index is 1.97. The normalized spacial score (nSPS) is 15.8. The van der Waals surface area contributed by atoms with E-state index in [0.717, 1.165) is 22.9 Å². The van der Waals surface area contributed by atoms with Crippen LogP contribution in [0.4, 0.5) is 5.69 Å². The number of hydrogen-bond donors (Lipinski definition) is 2. The molecule has 0 aromatic heterocycles. The summed E-state index contributed by atoms with van der Waals surface area (Å²) in [5, 5.41) is 18.3. The highest BCUT2D eigenvalue weighted by Gasteiger charge is 2.33. The molecule has 1 saturated heterocycles. The van der Waals surface area contributed by atoms with Crippen molar-refractivity contribution in [2.45, 2.75) is 13.8 Å². The fourth-order valence-electron chi connectivity index (χ4n) is 2.57. The third kappa shape index (κ3) is 3.30. The molecule has 1 amide bonds. The quantitative estimate of drug-likeness (QED) is 0.745. The van der Waals surface area contributed by atoms with Gasteiger partial charge in [-0.25, -0.2) is 0 Å². The number of amides is 1. The predicted octanol–water partition coefficient (Wildman–Crippen LogP) is 4.73. The van der Waals surface area contributed by atoms with Crippen LogP contribution in [0, 0.1) is 19.3 Å². The Hall–Kier alpha value is -2.44. The van der Waals surface area contributed by atoms with Gasteiger partial charge in [0, 0.05) is 0 Å². The van der Waals surface area contributed by atoms with E-state index >= 15 is 0 Å². The van der Waals surface area contributed by atoms with Gasteiger partial charge in [0.15, 0.2) is 16.7 Å². The number of carbonyl (C=O) groups is 1. The summed E-state index contributed by atoms with van der Waals surface area (Å²) in [6.07, 6.45) is 1.64. The van der Waals surface area contributed by atoms with E-state index in [-0.39, 0.29) is 27.6 Å². The Morgan fingerprint density at radius 3 is 2.62 bits per heavy atom. The fourth-order valence-corrected chi connectivity index (χ4v) is 3.65. The van der Waals surface area contributed by atoms with Crippen molar-refractivity contribution in [3.63, 3.8) is 0 Å². The minimum Gasteiger partial charge on any atom is -0.503 e. The molecule has 134 valence electrons. The van der Waals surface area contributed by atoms with Gasteiger partial charge < -0.3 is 9.84 Å². The van der Waals surface area contributed by atoms with Crippen molar-refractivity contribution in [2.75, 3.05) is 12.0 Å². The summed E-state index contributed by atoms with van der Waals surface area (Å²) >= 11 is 7.08. The second-order valence-corrected chi connectivity index (χ2v) is 7.32. The van der Waals surface area contributed by atoms with E-state index in [1.807, 2.05) is 32.0 Å². The van der Waals surface area contributed by atoms with Crippen molar-refractivity contribution in [3.05, 3.63) is 56.9 Å². The fraction of sp³-hybridized carbons (Fsp3) is 0.158. The van der Waals surface area contributed by atoms with Crippen LogP contribution < -0.4 is 9.64 Å². The third-order valence-electron chi connectivity index (χ3n) is 4.14. The van der Waals surface area contributed by atoms with Crippen LogP contribution in [0.25, 0.3) is 6.08 Å². The molecule has 26 heavy (non-hydrogen) atoms. The minimum absolute atomic E-state index is 0.132. The van der Waals surface area contributed by atoms with E-state index in [2.05, 4.69) is 0 Å². The molecule has 1 heterocycles. The van der Waals surface area contributed by atoms with Gasteiger partial charge in [0.25, 0.3) is 5.91 Å². The number of methoxy groups -OCH3 is 1. The molecule has 0 saturated carbocycles. The number of phenols is 1. The van der Waals surface area contributed by atoms with E-state index < -0.39 is 0 Å². The highest BCUT2D eigenvalue weighted by molar-refractivity contribution is 8.19. The molecule has 5 nitrogen and oxygen atoms in total. The van der Waals surface area contributed by atoms with Crippen LogP contribution in [0.3, 0.4) is 0 Å². The van der Waals surface area contributed by atoms with Crippen LogP contribution in [0.15, 0.2) is 35.2 Å². The Labute approximate surface area is 160 Å². The van der Waals surface area contributed by atoms with Crippen molar-refractivity contribution in [2.24, 2.45) is 0 Å². The van der Waals surface area contributed by atoms with Gasteiger partial charge in [-0.05, 0) is 72.6 Å². The number of nitrogens with zero attached hydrogens (tertiary/aromatic N) is 1. The smallest absolute Gasteiger partial charge is 0.271 e. The van der Waals surface area contributed by atoms with Gasteiger partial charge >= 0.3 is 0 Å². The molecule has 1 fully saturated rings. The zero-order valence-electron chi connectivity index (χ0n) is 14.5. The van der Waals surface area contributed by atoms with Gasteiger partial charge in [-0.1, -0.05) is 17.7 Å². The van der Waals surface area contributed by atoms with Crippen molar-refractivity contribution in [1.82, 2.24) is 0 Å². The molecule has 0 radical (unpaired) electrons. The van der Waals surface area contributed by atoms with Crippen molar-refractivity contribution >= 4 is 46.2 Å². The summed E-state index contributed by atoms with van der Waals surface area (Å²) in [7, 11) is 1.43. The number of halogens is 1. The highest BCUT2D eigenvalue weighted by Crippen LogP contribution is 2.39. The maximum atomic E-state index is 12.8. The topological polar surface area (TPSA) is 73.6 Å². The number of benzene rings is 2. The molecule has 0 unspecified atom stereocenters. The minimum atomic E-state index is -0.272. The summed E-state index contributed by atoms with van der Waals surface area (Å²) in [5.41, 5.74) is 3.46. The Morgan fingerprint density at radius 2 is 1.96 bits per heavy atom. The van der Waals surface area contributed by atoms with E-state index in [9.17, 15) is 9.90 Å². The van der Waals surface area contributed by atoms with Crippen LogP contribution in [0.2, 0.25) is 5.02 Å². The molecule has 2 N–H and O–H groups in total. The average molecular weight is 389 g/mol. The largest absolute Gasteiger partial charge is 0.503 e. The first-order chi connectivity index (χ1) is 12.3. The van der Waals surface area contributed by atoms with Gasteiger partial charge in [-0.2, -0.15) is 0 Å². The predicted molar refractivity (Wildman–Crippen MR) is 106 cm³/mol. The molecule has 1 aliphatic rings. The second kappa shape index (κ2) is 7.05. The lowest BCUT2D eigenvalue weighted by Gasteiger charge is -2.15. The van der Waals surface area contributed by atoms with Crippen molar-refractivity contribution in [3.8, 4) is 11.5 Å². The first kappa shape index (κ1) is 18.4. The first-order valence-corrected chi connectivity index (χ1v) is 8.97. The molecular formula is C19H17ClN2O3S. The number of rotatable bonds is 3. The van der Waals surface area contributed by atoms with Gasteiger partial charge in [0.1, 0.15) is 0 Å². The number of carbonyl (C=O) groups excluding carboxylic acids is 1. The number of aryl methyl sites for hydroxylation is 2. The number of thioether (sulfide) groups is 1. The lowest BCUT2D eigenvalue weighted by Crippen LogP contribution is -2.28. The molecule has 0 aliphatic carbocycles. The molecule has 2 aromatic rings. The number of amidine groups is 1. The number of phenolic OH excluding ortho intramolecular Hbond substituents is 1. The summed E-state index contributed by atoms with van der Waals surface area (Å²) in [4.78, 5) is 14.6. The van der Waals surface area contributed by atoms with E-state index in [0.29, 0.717) is 16.2 Å². The second-order valence-electron chi connectivity index (χ2n) is 5.88. The van der Waals surface area contributed by atoms with Gasteiger partial charge in [0.05, 0.1) is 22.7 Å². The number of aromatic hydroxyl groups is 1. The van der Waals surface area contributed by atoms with Gasteiger partial charge in [0.2, 0.25) is 0 Å². The summed E-state index contributed by atoms with van der Waals surface area (Å²) in [5.74, 6) is -0.196. The summed E-state index contributed by atoms with van der Waals surface area (Å²) in [6, 6.07) is 8.79. The Bertz CT molecular complexity index is 956. The monoisotopic (exact) mass is 388 g/mol. The maximum Gasteiger partial charge on any atom is 0.271 e. The SMILES string of the molecule is COc1cc(/C=C2\SC(=N)N(c3ccc(C)c(C)c3)C2=O)cc(Cl)c1O. The molecular weight excluding hydrogens is 372 g/mol. The summed E-state index contributed by atoms with van der Waals surface area (Å²) in [6.45, 7) is 3.97. The van der Waals surface area contributed by atoms with Crippen LogP contribution in [0.1, 0.15) is 16.7 Å². The van der Waals surface area contributed by atoms with E-state index in [4.69, 9.17) is 21.7 Å². The zero-order chi connectivity index (χ0) is 19.0. The zero-order valence-corrected chi connectivity index (χ0v) is 16.0. The van der Waals surface area contributed by atoms with Gasteiger partial charge in [-0.15, -0.1) is 0 Å². The molecule has 0 bridgehead atoms. The lowest BCUT2D eigenvalue weighted by atomic mass is 10.1. The maximum absolute atomic E-state index is 12.8. The summed E-state index contributed by atoms with van der Waals surface area (Å²) < 4.78 is 5.09. The highest BCUT2D eigenvalue weighted by atomic mass is 35.5. The van der Waals surface area contributed by atoms with E-state index in [1.54, 1.807) is 18.2 Å². The Morgan fingerprint density at radius 1 is 1.23 bits per heavy atom. The van der Waals surface area contributed by atoms with Crippen LogP contribution in [-0.4, -0.2) is 23.3 Å². The molecule has 0 atom stereocenters. The van der Waals surface area contributed by atoms with Gasteiger partial charge in [-0.3, -0.25) is 15.1 Å². The van der Waals surface area contributed by atoms with E-state index in [1.165, 1.54) is 12.0 Å². The van der Waals surface area contributed by atoms with Crippen molar-refractivity contribution in [1.29, 1.82) is 5.41 Å². The molecule has 7 heteroatoms. The number of anilines is 1. The van der Waals surface area contributed by atoms with Crippen LogP contribution in [0.5, 0.6) is 11.5 Å². The molecule has 3 rings (SSSR count). The third-order valence-corrected chi connectivity index (χ3v) is 5.32. The average Bonchev–Trinajstić information content (AvgIpc) is 2.87. The van der Waals surface area contributed by atoms with Crippen LogP contribution >= 0.6 is 23.4 Å². The number of hydrogen-bond acceptors (Lipinski definition) is 5. The number of ether oxygens (including phenoxy) is 1. The first-order valence-electron chi connectivity index (χ1n) is 7.78. The molecule has 0 spiro atoms. The van der Waals surface area contributed by atoms with Crippen molar-refractivity contribution < 1.29 is 14.6 Å². The molecule has 1 aliphatic heterocycles. The molecule has 2 aromatic carbocycles. The Kier molecular flexibility index (Phi) is 4.98.